The molecule has 1 aromatic rings. The zero-order valence-corrected chi connectivity index (χ0v) is 11.9. The third-order valence-electron chi connectivity index (χ3n) is 3.05. The van der Waals surface area contributed by atoms with Gasteiger partial charge in [0.15, 0.2) is 0 Å². The number of nitriles is 1. The molecule has 6 heteroatoms. The molecular weight excluding hydrogens is 285 g/mol. The number of rotatable bonds is 2. The quantitative estimate of drug-likeness (QED) is 0.784. The van der Waals surface area contributed by atoms with Gasteiger partial charge in [0.25, 0.3) is 0 Å². The Morgan fingerprint density at radius 2 is 2.26 bits per heavy atom. The number of benzene rings is 1. The van der Waals surface area contributed by atoms with E-state index >= 15 is 0 Å². The molecule has 1 aliphatic rings. The molecule has 1 fully saturated rings. The van der Waals surface area contributed by atoms with Gasteiger partial charge in [0.05, 0.1) is 12.6 Å². The predicted octanol–water partition coefficient (Wildman–Crippen LogP) is 3.61. The third-order valence-corrected chi connectivity index (χ3v) is 3.61. The fourth-order valence-electron chi connectivity index (χ4n) is 2.08. The smallest absolute Gasteiger partial charge is 0.303 e. The molecule has 1 unspecified atom stereocenters. The number of hydrogen-bond acceptors (Lipinski definition) is 3. The van der Waals surface area contributed by atoms with Gasteiger partial charge in [0.2, 0.25) is 6.19 Å². The van der Waals surface area contributed by atoms with Crippen LogP contribution in [-0.4, -0.2) is 24.1 Å². The third kappa shape index (κ3) is 3.12. The van der Waals surface area contributed by atoms with Crippen molar-refractivity contribution in [3.63, 3.8) is 0 Å². The van der Waals surface area contributed by atoms with Gasteiger partial charge in [0, 0.05) is 16.6 Å². The summed E-state index contributed by atoms with van der Waals surface area (Å²) in [5, 5.41) is 9.89. The van der Waals surface area contributed by atoms with Gasteiger partial charge < -0.3 is 9.64 Å². The van der Waals surface area contributed by atoms with E-state index in [9.17, 15) is 0 Å². The number of hydrogen-bond donors (Lipinski definition) is 0. The van der Waals surface area contributed by atoms with E-state index in [1.165, 1.54) is 0 Å². The van der Waals surface area contributed by atoms with Crippen molar-refractivity contribution in [3.8, 4) is 6.19 Å². The summed E-state index contributed by atoms with van der Waals surface area (Å²) in [6.45, 7) is 3.36. The van der Waals surface area contributed by atoms with E-state index < -0.39 is 0 Å². The van der Waals surface area contributed by atoms with Gasteiger partial charge in [-0.3, -0.25) is 0 Å². The monoisotopic (exact) mass is 297 g/mol. The molecule has 0 spiro atoms. The molecule has 100 valence electrons. The van der Waals surface area contributed by atoms with Crippen molar-refractivity contribution in [2.75, 3.05) is 13.2 Å². The van der Waals surface area contributed by atoms with Gasteiger partial charge >= 0.3 is 6.02 Å². The number of amidine groups is 1. The minimum atomic E-state index is -0.0304. The molecule has 4 nitrogen and oxygen atoms in total. The summed E-state index contributed by atoms with van der Waals surface area (Å²) in [6, 6.07) is 5.71. The van der Waals surface area contributed by atoms with Crippen LogP contribution in [-0.2, 0) is 4.74 Å². The standard InChI is InChI=1S/C13H13Cl2N3O/c1-9(11-4-3-10(14)7-12(11)15)18-5-2-6-19-13(18)17-8-16/h3-4,7,9H,2,5-6H2,1H3. The number of ether oxygens (including phenoxy) is 1. The topological polar surface area (TPSA) is 48.6 Å². The van der Waals surface area contributed by atoms with Gasteiger partial charge in [0.1, 0.15) is 0 Å². The predicted molar refractivity (Wildman–Crippen MR) is 75.2 cm³/mol. The highest BCUT2D eigenvalue weighted by Gasteiger charge is 2.25. The highest BCUT2D eigenvalue weighted by atomic mass is 35.5. The van der Waals surface area contributed by atoms with Crippen LogP contribution in [0.5, 0.6) is 0 Å². The van der Waals surface area contributed by atoms with Crippen LogP contribution in [0.3, 0.4) is 0 Å². The van der Waals surface area contributed by atoms with Gasteiger partial charge in [-0.1, -0.05) is 29.3 Å². The van der Waals surface area contributed by atoms with Crippen molar-refractivity contribution < 1.29 is 4.74 Å². The maximum atomic E-state index is 8.69. The Morgan fingerprint density at radius 1 is 1.47 bits per heavy atom. The Morgan fingerprint density at radius 3 is 2.95 bits per heavy atom. The second kappa shape index (κ2) is 6.14. The first kappa shape index (κ1) is 14.0. The first-order valence-corrected chi connectivity index (χ1v) is 6.70. The lowest BCUT2D eigenvalue weighted by atomic mass is 10.1. The van der Waals surface area contributed by atoms with Gasteiger partial charge in [-0.05, 0) is 31.0 Å². The van der Waals surface area contributed by atoms with Crippen molar-refractivity contribution >= 4 is 29.2 Å². The Balaban J connectivity index is 2.29. The largest absolute Gasteiger partial charge is 0.464 e. The molecule has 1 aromatic carbocycles. The van der Waals surface area contributed by atoms with Gasteiger partial charge in [-0.15, -0.1) is 4.99 Å². The lowest BCUT2D eigenvalue weighted by Crippen LogP contribution is -2.40. The fourth-order valence-corrected chi connectivity index (χ4v) is 2.65. The summed E-state index contributed by atoms with van der Waals surface area (Å²) in [4.78, 5) is 5.65. The van der Waals surface area contributed by atoms with Crippen molar-refractivity contribution in [3.05, 3.63) is 33.8 Å². The van der Waals surface area contributed by atoms with E-state index in [-0.39, 0.29) is 6.04 Å². The average Bonchev–Trinajstić information content (AvgIpc) is 2.39. The summed E-state index contributed by atoms with van der Waals surface area (Å²) in [5.41, 5.74) is 0.933. The summed E-state index contributed by atoms with van der Waals surface area (Å²) in [7, 11) is 0. The van der Waals surface area contributed by atoms with Crippen LogP contribution in [0, 0.1) is 11.5 Å². The fraction of sp³-hybridized carbons (Fsp3) is 0.385. The van der Waals surface area contributed by atoms with Crippen molar-refractivity contribution in [1.29, 1.82) is 5.26 Å². The van der Waals surface area contributed by atoms with Crippen LogP contribution in [0.1, 0.15) is 24.9 Å². The number of halogens is 2. The van der Waals surface area contributed by atoms with Crippen LogP contribution in [0.2, 0.25) is 10.0 Å². The second-order valence-electron chi connectivity index (χ2n) is 4.23. The first-order chi connectivity index (χ1) is 9.13. The maximum Gasteiger partial charge on any atom is 0.303 e. The summed E-state index contributed by atoms with van der Waals surface area (Å²) < 4.78 is 5.42. The van der Waals surface area contributed by atoms with E-state index in [0.717, 1.165) is 18.5 Å². The van der Waals surface area contributed by atoms with Crippen LogP contribution in [0.25, 0.3) is 0 Å². The Hall–Kier alpha value is -1.44. The van der Waals surface area contributed by atoms with Crippen LogP contribution in [0.15, 0.2) is 23.2 Å². The van der Waals surface area contributed by atoms with Crippen LogP contribution in [0.4, 0.5) is 0 Å². The molecule has 1 aliphatic heterocycles. The zero-order chi connectivity index (χ0) is 13.8. The molecule has 0 saturated carbocycles. The number of nitrogens with zero attached hydrogens (tertiary/aromatic N) is 3. The summed E-state index contributed by atoms with van der Waals surface area (Å²) in [5.74, 6) is 0. The Bertz CT molecular complexity index is 539. The van der Waals surface area contributed by atoms with E-state index in [0.29, 0.717) is 22.7 Å². The molecule has 19 heavy (non-hydrogen) atoms. The zero-order valence-electron chi connectivity index (χ0n) is 10.4. The lowest BCUT2D eigenvalue weighted by molar-refractivity contribution is 0.150. The first-order valence-electron chi connectivity index (χ1n) is 5.94. The SMILES string of the molecule is CC(c1ccc(Cl)cc1Cl)N1CCCOC1=NC#N. The number of aliphatic imine (C=N–C) groups is 1. The lowest BCUT2D eigenvalue weighted by Gasteiger charge is -2.34. The summed E-state index contributed by atoms with van der Waals surface area (Å²) >= 11 is 12.1. The molecule has 0 radical (unpaired) electrons. The van der Waals surface area contributed by atoms with Crippen LogP contribution < -0.4 is 0 Å². The average molecular weight is 298 g/mol. The molecule has 1 atom stereocenters. The van der Waals surface area contributed by atoms with E-state index in [4.69, 9.17) is 33.2 Å². The van der Waals surface area contributed by atoms with Crippen molar-refractivity contribution in [2.45, 2.75) is 19.4 Å². The van der Waals surface area contributed by atoms with E-state index in [1.54, 1.807) is 18.3 Å². The van der Waals surface area contributed by atoms with Crippen LogP contribution >= 0.6 is 23.2 Å². The molecule has 0 bridgehead atoms. The Kier molecular flexibility index (Phi) is 4.52. The molecule has 2 rings (SSSR count). The normalized spacial score (nSPS) is 18.8. The molecule has 0 aliphatic carbocycles. The van der Waals surface area contributed by atoms with Crippen molar-refractivity contribution in [1.82, 2.24) is 4.90 Å². The van der Waals surface area contributed by atoms with E-state index in [1.807, 2.05) is 17.9 Å². The van der Waals surface area contributed by atoms with E-state index in [2.05, 4.69) is 4.99 Å². The second-order valence-corrected chi connectivity index (χ2v) is 5.08. The molecule has 1 heterocycles. The van der Waals surface area contributed by atoms with Crippen molar-refractivity contribution in [2.24, 2.45) is 4.99 Å². The maximum absolute atomic E-state index is 8.69. The molecule has 1 saturated heterocycles. The highest BCUT2D eigenvalue weighted by molar-refractivity contribution is 6.35. The summed E-state index contributed by atoms with van der Waals surface area (Å²) in [6.07, 6.45) is 2.65. The minimum Gasteiger partial charge on any atom is -0.464 e. The molecular formula is C13H13Cl2N3O. The van der Waals surface area contributed by atoms with Gasteiger partial charge in [-0.2, -0.15) is 5.26 Å². The Labute approximate surface area is 122 Å². The van der Waals surface area contributed by atoms with Gasteiger partial charge in [-0.25, -0.2) is 0 Å². The molecule has 0 N–H and O–H groups in total. The minimum absolute atomic E-state index is 0.0304. The molecule has 0 aromatic heterocycles. The molecule has 0 amide bonds. The highest BCUT2D eigenvalue weighted by Crippen LogP contribution is 2.31.